The van der Waals surface area contributed by atoms with Crippen LogP contribution in [0.15, 0.2) is 51.2 Å². The second-order valence-electron chi connectivity index (χ2n) is 7.50. The second-order valence-corrected chi connectivity index (χ2v) is 8.57. The molecule has 1 aromatic carbocycles. The van der Waals surface area contributed by atoms with Gasteiger partial charge in [0.05, 0.1) is 5.69 Å². The van der Waals surface area contributed by atoms with E-state index in [-0.39, 0.29) is 18.1 Å². The normalized spacial score (nSPS) is 11.2. The zero-order valence-corrected chi connectivity index (χ0v) is 18.5. The van der Waals surface area contributed by atoms with Crippen molar-refractivity contribution >= 4 is 17.9 Å². The zero-order valence-electron chi connectivity index (χ0n) is 17.7. The number of hydrogen-bond donors (Lipinski definition) is 2. The first-order valence-electron chi connectivity index (χ1n) is 10.1. The van der Waals surface area contributed by atoms with Crippen LogP contribution in [-0.4, -0.2) is 20.6 Å². The molecule has 32 heavy (non-hydrogen) atoms. The Morgan fingerprint density at radius 3 is 2.59 bits per heavy atom. The fourth-order valence-corrected chi connectivity index (χ4v) is 4.51. The Kier molecular flexibility index (Phi) is 7.68. The number of pyridine rings is 1. The van der Waals surface area contributed by atoms with Crippen molar-refractivity contribution in [3.8, 4) is 0 Å². The molecule has 7 nitrogen and oxygen atoms in total. The van der Waals surface area contributed by atoms with Crippen molar-refractivity contribution in [2.24, 2.45) is 5.73 Å². The molecule has 0 bridgehead atoms. The summed E-state index contributed by atoms with van der Waals surface area (Å²) >= 11 is 1.20. The fourth-order valence-electron chi connectivity index (χ4n) is 3.25. The maximum Gasteiger partial charge on any atom is 0.404 e. The highest BCUT2D eigenvalue weighted by atomic mass is 32.2. The number of primary amides is 1. The van der Waals surface area contributed by atoms with Gasteiger partial charge in [0.25, 0.3) is 0 Å². The van der Waals surface area contributed by atoms with Gasteiger partial charge in [0.15, 0.2) is 6.61 Å². The predicted octanol–water partition coefficient (Wildman–Crippen LogP) is 4.35. The summed E-state index contributed by atoms with van der Waals surface area (Å²) in [5.41, 5.74) is 6.55. The van der Waals surface area contributed by atoms with Crippen LogP contribution in [-0.2, 0) is 24.3 Å². The summed E-state index contributed by atoms with van der Waals surface area (Å²) in [6.45, 7) is 4.28. The number of carbonyl (C=O) groups excluding carboxylic acids is 1. The van der Waals surface area contributed by atoms with E-state index >= 15 is 0 Å². The Labute approximate surface area is 188 Å². The number of halogens is 2. The third-order valence-corrected chi connectivity index (χ3v) is 5.75. The van der Waals surface area contributed by atoms with Gasteiger partial charge in [0.2, 0.25) is 5.56 Å². The van der Waals surface area contributed by atoms with Crippen molar-refractivity contribution in [3.05, 3.63) is 75.6 Å². The lowest BCUT2D eigenvalue weighted by Gasteiger charge is -2.13. The molecule has 0 saturated heterocycles. The standard InChI is InChI=1S/C22H24F2N4O3S/c1-13(2)20-21(32-17-10-15(23)9-16(24)11-17)28(18(27-20)12-31-22(25)30)7-3-4-14-5-6-26-19(29)8-14/h5-6,8-11,13H,3-4,7,12H2,1-2H3,(H2,25,30)(H,26,29). The van der Waals surface area contributed by atoms with Gasteiger partial charge in [-0.1, -0.05) is 25.6 Å². The van der Waals surface area contributed by atoms with E-state index in [4.69, 9.17) is 10.5 Å². The second kappa shape index (κ2) is 10.4. The Bertz CT molecular complexity index is 1140. The summed E-state index contributed by atoms with van der Waals surface area (Å²) in [6, 6.07) is 6.70. The molecular formula is C22H24F2N4O3S. The minimum absolute atomic E-state index is 0.0113. The molecule has 1 amide bonds. The molecule has 0 radical (unpaired) electrons. The molecule has 10 heteroatoms. The summed E-state index contributed by atoms with van der Waals surface area (Å²) in [5, 5.41) is 0.707. The minimum Gasteiger partial charge on any atom is -0.442 e. The van der Waals surface area contributed by atoms with Gasteiger partial charge in [0, 0.05) is 29.8 Å². The van der Waals surface area contributed by atoms with E-state index < -0.39 is 17.7 Å². The molecule has 0 unspecified atom stereocenters. The van der Waals surface area contributed by atoms with Gasteiger partial charge < -0.3 is 20.0 Å². The Morgan fingerprint density at radius 2 is 1.97 bits per heavy atom. The van der Waals surface area contributed by atoms with E-state index in [2.05, 4.69) is 9.97 Å². The molecule has 170 valence electrons. The number of ether oxygens (including phenoxy) is 1. The molecule has 0 aliphatic heterocycles. The lowest BCUT2D eigenvalue weighted by atomic mass is 10.1. The van der Waals surface area contributed by atoms with Gasteiger partial charge in [-0.25, -0.2) is 18.6 Å². The Morgan fingerprint density at radius 1 is 1.25 bits per heavy atom. The van der Waals surface area contributed by atoms with Crippen LogP contribution in [0.4, 0.5) is 13.6 Å². The van der Waals surface area contributed by atoms with Gasteiger partial charge in [-0.2, -0.15) is 0 Å². The van der Waals surface area contributed by atoms with E-state index in [0.29, 0.717) is 35.1 Å². The summed E-state index contributed by atoms with van der Waals surface area (Å²) in [6.07, 6.45) is 1.97. The average molecular weight is 463 g/mol. The van der Waals surface area contributed by atoms with Gasteiger partial charge in [-0.15, -0.1) is 0 Å². The third kappa shape index (κ3) is 6.19. The smallest absolute Gasteiger partial charge is 0.404 e. The number of hydrogen-bond acceptors (Lipinski definition) is 5. The number of nitrogens with one attached hydrogen (secondary N) is 1. The Hall–Kier alpha value is -3.14. The number of nitrogens with zero attached hydrogens (tertiary/aromatic N) is 2. The van der Waals surface area contributed by atoms with E-state index in [1.165, 1.54) is 30.0 Å². The molecule has 2 heterocycles. The number of aromatic nitrogens is 3. The van der Waals surface area contributed by atoms with Crippen LogP contribution in [0.3, 0.4) is 0 Å². The van der Waals surface area contributed by atoms with Crippen LogP contribution < -0.4 is 11.3 Å². The average Bonchev–Trinajstić information content (AvgIpc) is 3.03. The van der Waals surface area contributed by atoms with Gasteiger partial charge >= 0.3 is 6.09 Å². The maximum absolute atomic E-state index is 13.8. The number of rotatable bonds is 9. The molecule has 0 aliphatic rings. The number of aromatic amines is 1. The van der Waals surface area contributed by atoms with Crippen molar-refractivity contribution in [1.82, 2.24) is 14.5 Å². The molecule has 3 aromatic rings. The molecule has 3 N–H and O–H groups in total. The van der Waals surface area contributed by atoms with Crippen LogP contribution in [0.2, 0.25) is 0 Å². The number of nitrogens with two attached hydrogens (primary N) is 1. The highest BCUT2D eigenvalue weighted by Gasteiger charge is 2.21. The lowest BCUT2D eigenvalue weighted by molar-refractivity contribution is 0.145. The van der Waals surface area contributed by atoms with Crippen LogP contribution in [0.25, 0.3) is 0 Å². The van der Waals surface area contributed by atoms with Crippen molar-refractivity contribution in [1.29, 1.82) is 0 Å². The first-order chi connectivity index (χ1) is 15.2. The quantitative estimate of drug-likeness (QED) is 0.492. The van der Waals surface area contributed by atoms with E-state index in [9.17, 15) is 18.4 Å². The number of amides is 1. The van der Waals surface area contributed by atoms with E-state index in [0.717, 1.165) is 17.3 Å². The first kappa shape index (κ1) is 23.5. The molecule has 0 spiro atoms. The largest absolute Gasteiger partial charge is 0.442 e. The van der Waals surface area contributed by atoms with Crippen LogP contribution >= 0.6 is 11.8 Å². The summed E-state index contributed by atoms with van der Waals surface area (Å²) in [4.78, 5) is 30.3. The Balaban J connectivity index is 1.93. The van der Waals surface area contributed by atoms with E-state index in [1.807, 2.05) is 24.5 Å². The van der Waals surface area contributed by atoms with Gasteiger partial charge in [-0.3, -0.25) is 4.79 Å². The van der Waals surface area contributed by atoms with Crippen molar-refractivity contribution in [3.63, 3.8) is 0 Å². The summed E-state index contributed by atoms with van der Waals surface area (Å²) in [7, 11) is 0. The zero-order chi connectivity index (χ0) is 23.3. The number of carbonyl (C=O) groups is 1. The maximum atomic E-state index is 13.8. The number of imidazole rings is 1. The molecule has 0 atom stereocenters. The SMILES string of the molecule is CC(C)c1nc(COC(N)=O)n(CCCc2cc[nH]c(=O)c2)c1Sc1cc(F)cc(F)c1. The molecule has 0 saturated carbocycles. The van der Waals surface area contributed by atoms with E-state index in [1.54, 1.807) is 6.20 Å². The van der Waals surface area contributed by atoms with Crippen molar-refractivity contribution in [2.45, 2.75) is 55.7 Å². The first-order valence-corrected chi connectivity index (χ1v) is 10.9. The third-order valence-electron chi connectivity index (χ3n) is 4.65. The molecular weight excluding hydrogens is 438 g/mol. The van der Waals surface area contributed by atoms with Crippen molar-refractivity contribution < 1.29 is 18.3 Å². The number of benzene rings is 1. The van der Waals surface area contributed by atoms with Crippen LogP contribution in [0, 0.1) is 11.6 Å². The van der Waals surface area contributed by atoms with Crippen LogP contribution in [0.1, 0.15) is 43.3 Å². The summed E-state index contributed by atoms with van der Waals surface area (Å²) in [5.74, 6) is -0.845. The van der Waals surface area contributed by atoms with Crippen LogP contribution in [0.5, 0.6) is 0 Å². The fraction of sp³-hybridized carbons (Fsp3) is 0.318. The summed E-state index contributed by atoms with van der Waals surface area (Å²) < 4.78 is 34.3. The highest BCUT2D eigenvalue weighted by molar-refractivity contribution is 7.99. The highest BCUT2D eigenvalue weighted by Crippen LogP contribution is 2.36. The van der Waals surface area contributed by atoms with Gasteiger partial charge in [-0.05, 0) is 42.5 Å². The molecule has 0 fully saturated rings. The number of H-pyrrole nitrogens is 1. The topological polar surface area (TPSA) is 103 Å². The number of aryl methyl sites for hydroxylation is 1. The minimum atomic E-state index is -0.921. The molecule has 2 aromatic heterocycles. The lowest BCUT2D eigenvalue weighted by Crippen LogP contribution is -2.15. The monoisotopic (exact) mass is 462 g/mol. The predicted molar refractivity (Wildman–Crippen MR) is 117 cm³/mol. The van der Waals surface area contributed by atoms with Gasteiger partial charge in [0.1, 0.15) is 22.5 Å². The molecule has 0 aliphatic carbocycles. The molecule has 3 rings (SSSR count). The van der Waals surface area contributed by atoms with Crippen molar-refractivity contribution in [2.75, 3.05) is 0 Å².